The fraction of sp³-hybridized carbons (Fsp3) is 0.451. The van der Waals surface area contributed by atoms with Gasteiger partial charge in [0.05, 0.1) is 114 Å². The Morgan fingerprint density at radius 3 is 1.07 bits per heavy atom. The van der Waals surface area contributed by atoms with Gasteiger partial charge in [0.1, 0.15) is 50.2 Å². The van der Waals surface area contributed by atoms with Crippen molar-refractivity contribution < 1.29 is 35.4 Å². The largest absolute Gasteiger partial charge is 0.394 e. The summed E-state index contributed by atoms with van der Waals surface area (Å²) in [7, 11) is 0. The van der Waals surface area contributed by atoms with E-state index in [1.165, 1.54) is 12.8 Å². The van der Waals surface area contributed by atoms with E-state index < -0.39 is 11.9 Å². The fourth-order valence-corrected chi connectivity index (χ4v) is 14.5. The van der Waals surface area contributed by atoms with Crippen molar-refractivity contribution in [3.8, 4) is 0 Å². The van der Waals surface area contributed by atoms with Crippen molar-refractivity contribution in [2.45, 2.75) is 214 Å². The van der Waals surface area contributed by atoms with Gasteiger partial charge in [0.25, 0.3) is 0 Å². The molecule has 1 amide bonds. The van der Waals surface area contributed by atoms with Gasteiger partial charge < -0.3 is 114 Å². The molecule has 14 aromatic rings. The summed E-state index contributed by atoms with van der Waals surface area (Å²) in [5.41, 5.74) is 57.4. The van der Waals surface area contributed by atoms with Crippen molar-refractivity contribution in [3.05, 3.63) is 126 Å². The summed E-state index contributed by atoms with van der Waals surface area (Å²) < 4.78 is 0. The van der Waals surface area contributed by atoms with Crippen molar-refractivity contribution in [2.75, 3.05) is 117 Å². The SMILES string of the molecule is CC(C)C[C@@H](CO)Nc1nc(N)nc2cccnc12.CCCC[C@@H](CO)Nc1nc(N)nc2cccnc12.CCC[C@@H](CO)Nc1nc(N)nc2c(Cl)cc(C)nc12.CCC[C@@H](CO)Nc1nc(N)nc2cc(C)cnc12.CCC[C@@H](CO)Nc1nc(N)nc2cc(CC)cnc12.CCC[C@H](Nc1nc(N)nc2cccnc12)C(N)=O.Nc1nc(N[C@H](CO)CC2CC2)c2ncccc2n1. The van der Waals surface area contributed by atoms with Gasteiger partial charge in [0, 0.05) is 42.9 Å². The van der Waals surface area contributed by atoms with Crippen LogP contribution >= 0.6 is 11.6 Å². The first-order valence-corrected chi connectivity index (χ1v) is 45.7. The van der Waals surface area contributed by atoms with Crippen LogP contribution in [-0.4, -0.2) is 223 Å². The number of primary amides is 1. The highest BCUT2D eigenvalue weighted by molar-refractivity contribution is 6.35. The highest BCUT2D eigenvalue weighted by atomic mass is 35.5. The zero-order chi connectivity index (χ0) is 97.6. The van der Waals surface area contributed by atoms with E-state index >= 15 is 0 Å². The van der Waals surface area contributed by atoms with Gasteiger partial charge in [-0.05, 0) is 155 Å². The smallest absolute Gasteiger partial charge is 0.239 e. The normalized spacial score (nSPS) is 13.1. The summed E-state index contributed by atoms with van der Waals surface area (Å²) in [4.78, 5) is 99.8. The molecule has 14 aromatic heterocycles. The van der Waals surface area contributed by atoms with Gasteiger partial charge in [-0.1, -0.05) is 118 Å². The molecule has 0 unspecified atom stereocenters. The maximum Gasteiger partial charge on any atom is 0.239 e. The number of aryl methyl sites for hydroxylation is 3. The van der Waals surface area contributed by atoms with Gasteiger partial charge >= 0.3 is 0 Å². The number of anilines is 14. The van der Waals surface area contributed by atoms with E-state index in [4.69, 9.17) is 57.5 Å². The number of rotatable bonds is 37. The van der Waals surface area contributed by atoms with Crippen molar-refractivity contribution in [2.24, 2.45) is 17.6 Å². The molecule has 0 radical (unpaired) electrons. The van der Waals surface area contributed by atoms with Crippen LogP contribution in [0.4, 0.5) is 82.4 Å². The molecule has 0 aliphatic heterocycles. The molecule has 1 aliphatic rings. The number of unbranched alkanes of at least 4 members (excludes halogenated alkanes) is 1. The van der Waals surface area contributed by atoms with Crippen molar-refractivity contribution in [3.63, 3.8) is 0 Å². The average Bonchev–Trinajstić information content (AvgIpc) is 0.861. The van der Waals surface area contributed by atoms with E-state index in [1.54, 1.807) is 61.3 Å². The maximum atomic E-state index is 11.4. The number of hydrogen-bond donors (Lipinski definition) is 21. The third-order valence-corrected chi connectivity index (χ3v) is 21.1. The number of aliphatic hydroxyl groups excluding tert-OH is 6. The third-order valence-electron chi connectivity index (χ3n) is 20.8. The van der Waals surface area contributed by atoms with Crippen LogP contribution in [0.1, 0.15) is 169 Å². The molecule has 7 atom stereocenters. The molecule has 14 heterocycles. The Hall–Kier alpha value is -13.9. The van der Waals surface area contributed by atoms with Gasteiger partial charge in [0.2, 0.25) is 47.5 Å². The lowest BCUT2D eigenvalue weighted by atomic mass is 10.0. The molecule has 1 fully saturated rings. The van der Waals surface area contributed by atoms with Crippen LogP contribution in [0.5, 0.6) is 0 Å². The Kier molecular flexibility index (Phi) is 41.3. The summed E-state index contributed by atoms with van der Waals surface area (Å²) in [6.45, 7) is 20.6. The van der Waals surface area contributed by atoms with Gasteiger partial charge in [-0.15, -0.1) is 0 Å². The van der Waals surface area contributed by atoms with Crippen LogP contribution < -0.4 is 83.1 Å². The zero-order valence-corrected chi connectivity index (χ0v) is 78.8. The molecular weight excluding hydrogens is 1740 g/mol. The lowest BCUT2D eigenvalue weighted by Crippen LogP contribution is -2.35. The predicted molar refractivity (Wildman–Crippen MR) is 536 cm³/mol. The van der Waals surface area contributed by atoms with Crippen LogP contribution in [-0.2, 0) is 11.2 Å². The Labute approximate surface area is 787 Å². The predicted octanol–water partition coefficient (Wildman–Crippen LogP) is 10.2. The minimum absolute atomic E-state index is 0.00740. The molecule has 135 heavy (non-hydrogen) atoms. The van der Waals surface area contributed by atoms with E-state index in [2.05, 4.69) is 190 Å². The number of nitrogens with two attached hydrogens (primary N) is 8. The van der Waals surface area contributed by atoms with Gasteiger partial charge in [-0.3, -0.25) is 34.7 Å². The van der Waals surface area contributed by atoms with Gasteiger partial charge in [-0.2, -0.15) is 34.9 Å². The molecule has 722 valence electrons. The monoisotopic (exact) mass is 1870 g/mol. The molecule has 29 N–H and O–H groups in total. The Bertz CT molecular complexity index is 6020. The van der Waals surface area contributed by atoms with Gasteiger partial charge in [-0.25, -0.2) is 39.9 Å². The molecular formula is C91H129ClN36O7. The summed E-state index contributed by atoms with van der Waals surface area (Å²) in [6, 6.07) is 19.3. The molecule has 1 aliphatic carbocycles. The number of aromatic nitrogens is 21. The van der Waals surface area contributed by atoms with Crippen molar-refractivity contribution in [1.82, 2.24) is 105 Å². The minimum atomic E-state index is -0.496. The summed E-state index contributed by atoms with van der Waals surface area (Å²) >= 11 is 6.17. The first-order chi connectivity index (χ1) is 65.1. The molecule has 0 saturated heterocycles. The third kappa shape index (κ3) is 31.9. The molecule has 43 nitrogen and oxygen atoms in total. The van der Waals surface area contributed by atoms with Crippen molar-refractivity contribution >= 4 is 177 Å². The Morgan fingerprint density at radius 1 is 0.378 bits per heavy atom. The lowest BCUT2D eigenvalue weighted by molar-refractivity contribution is -0.118. The lowest BCUT2D eigenvalue weighted by Gasteiger charge is -2.19. The molecule has 15 rings (SSSR count). The molecule has 0 aromatic carbocycles. The number of hydrogen-bond acceptors (Lipinski definition) is 42. The van der Waals surface area contributed by atoms with E-state index in [0.29, 0.717) is 130 Å². The summed E-state index contributed by atoms with van der Waals surface area (Å²) in [5, 5.41) is 79.1. The Morgan fingerprint density at radius 2 is 0.711 bits per heavy atom. The summed E-state index contributed by atoms with van der Waals surface area (Å²) in [5.74, 6) is 5.91. The first kappa shape index (κ1) is 105. The number of nitrogens with one attached hydrogen (secondary N) is 7. The first-order valence-electron chi connectivity index (χ1n) is 45.3. The number of nitrogen functional groups attached to an aromatic ring is 7. The fourth-order valence-electron chi connectivity index (χ4n) is 14.2. The second-order valence-electron chi connectivity index (χ2n) is 32.7. The quantitative estimate of drug-likeness (QED) is 0.0172. The van der Waals surface area contributed by atoms with Crippen LogP contribution in [0.25, 0.3) is 77.2 Å². The van der Waals surface area contributed by atoms with Crippen molar-refractivity contribution in [1.29, 1.82) is 0 Å². The highest BCUT2D eigenvalue weighted by Gasteiger charge is 2.27. The van der Waals surface area contributed by atoms with Crippen LogP contribution in [0.15, 0.2) is 104 Å². The van der Waals surface area contributed by atoms with Crippen LogP contribution in [0, 0.1) is 25.7 Å². The number of carbonyl (C=O) groups is 1. The molecule has 0 spiro atoms. The molecule has 0 bridgehead atoms. The standard InChI is InChI=1S/C14H21N5O.C13H18ClN5O.C13H17N5O.3C13H19N5O.C12H16N6O/c1-3-5-10(8-20)17-13-12-11(18-14(15)19-13)6-9(4-2)7-16-12;1-3-4-8(6-20)17-12-11-10(18-13(15)19-12)9(14)5-7(2)16-11;14-13-17-10-2-1-5-15-11(10)12(18-13)16-9(7-19)6-8-3-4-8;1-8(2)6-9(7-19)16-12-11-10(4-3-5-15-11)17-13(14)18-12;1-3-4-9(7-19)16-12-11-10(17-13(14)18-12)5-8(2)6-15-11;1-2-3-5-9(8-19)16-12-11-10(6-4-7-15-11)17-13(14)18-12;1-2-4-8(10(13)19)16-11-9-7(5-3-6-15-9)17-12(14)18-11/h6-7,10,20H,3-5,8H2,1-2H3,(H3,15,17,18,19);5,8,20H,3-4,6H2,1-2H3,(H3,15,17,18,19);1-2,5,8-9,19H,3-4,6-7H2,(H3,14,16,17,18);3-5,8-9,19H,6-7H2,1-2H3,(H3,14,16,17,18);5-6,9,19H,3-4,7H2,1-2H3,(H3,14,16,17,18);4,6-7,9,19H,2-3,5,8H2,1H3,(H3,14,16,17,18);3,5-6,8H,2,4H2,1H3,(H2,13,19)(H3,14,16,17,18)/t10-;8-;4*9-;8-/m0000000/s1. The summed E-state index contributed by atoms with van der Waals surface area (Å²) in [6.07, 6.45) is 25.4. The van der Waals surface area contributed by atoms with E-state index in [-0.39, 0.29) is 118 Å². The second kappa shape index (κ2) is 53.1. The number of halogens is 1. The molecule has 44 heteroatoms. The zero-order valence-electron chi connectivity index (χ0n) is 78.0. The van der Waals surface area contributed by atoms with E-state index in [1.807, 2.05) is 63.4 Å². The maximum absolute atomic E-state index is 11.4. The number of fused-ring (bicyclic) bond motifs is 7. The number of pyridine rings is 7. The van der Waals surface area contributed by atoms with E-state index in [0.717, 1.165) is 112 Å². The number of aliphatic hydroxyl groups is 6. The van der Waals surface area contributed by atoms with Gasteiger partial charge in [0.15, 0.2) is 40.7 Å². The topological polar surface area (TPSA) is 702 Å². The van der Waals surface area contributed by atoms with Crippen LogP contribution in [0.2, 0.25) is 5.02 Å². The minimum Gasteiger partial charge on any atom is -0.394 e. The average molecular weight is 1870 g/mol. The Balaban J connectivity index is 0.000000177. The van der Waals surface area contributed by atoms with Crippen LogP contribution in [0.3, 0.4) is 0 Å². The number of amides is 1. The number of carbonyl (C=O) groups excluding carboxylic acids is 1. The molecule has 1 saturated carbocycles. The highest BCUT2D eigenvalue weighted by Crippen LogP contribution is 2.35. The number of nitrogens with zero attached hydrogens (tertiary/aromatic N) is 21. The van der Waals surface area contributed by atoms with E-state index in [9.17, 15) is 35.4 Å². The second-order valence-corrected chi connectivity index (χ2v) is 33.1.